The third kappa shape index (κ3) is 3.35. The molecule has 0 atom stereocenters. The highest BCUT2D eigenvalue weighted by atomic mass is 32.2. The average Bonchev–Trinajstić information content (AvgIpc) is 2.47. The zero-order valence-corrected chi connectivity index (χ0v) is 9.00. The number of nitrogens with one attached hydrogen (secondary N) is 2. The van der Waals surface area contributed by atoms with Gasteiger partial charge in [-0.15, -0.1) is 0 Å². The van der Waals surface area contributed by atoms with E-state index < -0.39 is 10.0 Å². The summed E-state index contributed by atoms with van der Waals surface area (Å²) in [6, 6.07) is 0. The summed E-state index contributed by atoms with van der Waals surface area (Å²) in [4.78, 5) is 0. The molecule has 0 aliphatic heterocycles. The van der Waals surface area contributed by atoms with Crippen LogP contribution >= 0.6 is 0 Å². The number of hydrogen-bond acceptors (Lipinski definition) is 4. The number of hydrogen-bond donors (Lipinski definition) is 2. The van der Waals surface area contributed by atoms with E-state index in [1.54, 1.807) is 20.3 Å². The highest BCUT2D eigenvalue weighted by Crippen LogP contribution is 2.06. The van der Waals surface area contributed by atoms with E-state index in [4.69, 9.17) is 0 Å². The second kappa shape index (κ2) is 4.43. The average molecular weight is 218 g/mol. The first-order valence-corrected chi connectivity index (χ1v) is 5.82. The molecule has 1 heterocycles. The molecule has 7 heteroatoms. The van der Waals surface area contributed by atoms with Crippen molar-refractivity contribution in [1.29, 1.82) is 0 Å². The van der Waals surface area contributed by atoms with Gasteiger partial charge in [-0.25, -0.2) is 8.42 Å². The van der Waals surface area contributed by atoms with Gasteiger partial charge in [0, 0.05) is 19.8 Å². The minimum Gasteiger partial charge on any atom is -0.319 e. The third-order valence-electron chi connectivity index (χ3n) is 1.60. The van der Waals surface area contributed by atoms with Crippen LogP contribution in [-0.2, 0) is 17.1 Å². The Hall–Kier alpha value is -1.08. The van der Waals surface area contributed by atoms with Crippen molar-refractivity contribution in [1.82, 2.24) is 15.1 Å². The van der Waals surface area contributed by atoms with Gasteiger partial charge in [-0.1, -0.05) is 0 Å². The summed E-state index contributed by atoms with van der Waals surface area (Å²) in [6.45, 7) is 0.426. The van der Waals surface area contributed by atoms with Crippen molar-refractivity contribution in [2.45, 2.75) is 0 Å². The number of rotatable bonds is 5. The summed E-state index contributed by atoms with van der Waals surface area (Å²) < 4.78 is 26.7. The fourth-order valence-electron chi connectivity index (χ4n) is 0.941. The van der Waals surface area contributed by atoms with Gasteiger partial charge in [-0.2, -0.15) is 5.10 Å². The summed E-state index contributed by atoms with van der Waals surface area (Å²) in [7, 11) is 0.186. The Morgan fingerprint density at radius 1 is 1.57 bits per heavy atom. The Morgan fingerprint density at radius 2 is 2.29 bits per heavy atom. The van der Waals surface area contributed by atoms with E-state index >= 15 is 0 Å². The zero-order valence-electron chi connectivity index (χ0n) is 8.19. The molecular weight excluding hydrogens is 204 g/mol. The molecule has 6 nitrogen and oxygen atoms in total. The predicted molar refractivity (Wildman–Crippen MR) is 54.5 cm³/mol. The second-order valence-electron chi connectivity index (χ2n) is 2.93. The fraction of sp³-hybridized carbons (Fsp3) is 0.571. The Kier molecular flexibility index (Phi) is 3.48. The number of aromatic nitrogens is 2. The first-order valence-electron chi connectivity index (χ1n) is 4.17. The first-order chi connectivity index (χ1) is 6.53. The molecule has 0 saturated carbocycles. The van der Waals surface area contributed by atoms with E-state index in [2.05, 4.69) is 15.1 Å². The van der Waals surface area contributed by atoms with Crippen molar-refractivity contribution >= 4 is 15.7 Å². The summed E-state index contributed by atoms with van der Waals surface area (Å²) in [6.07, 6.45) is 3.08. The number of nitrogens with zero attached hydrogens (tertiary/aromatic N) is 2. The minimum atomic E-state index is -3.25. The molecule has 1 aromatic heterocycles. The molecule has 0 saturated heterocycles. The molecule has 1 rings (SSSR count). The van der Waals surface area contributed by atoms with E-state index in [9.17, 15) is 8.42 Å². The minimum absolute atomic E-state index is 0.0540. The fourth-order valence-corrected chi connectivity index (χ4v) is 1.98. The number of aryl methyl sites for hydroxylation is 1. The Morgan fingerprint density at radius 3 is 2.79 bits per heavy atom. The molecule has 0 spiro atoms. The number of sulfonamides is 1. The van der Waals surface area contributed by atoms with Gasteiger partial charge in [0.2, 0.25) is 10.0 Å². The molecule has 0 bridgehead atoms. The van der Waals surface area contributed by atoms with Crippen LogP contribution in [0.15, 0.2) is 12.4 Å². The van der Waals surface area contributed by atoms with Crippen molar-refractivity contribution < 1.29 is 8.42 Å². The maximum atomic E-state index is 11.4. The Labute approximate surface area is 83.4 Å². The topological polar surface area (TPSA) is 76.0 Å². The van der Waals surface area contributed by atoms with Crippen molar-refractivity contribution in [3.05, 3.63) is 12.4 Å². The molecule has 80 valence electrons. The third-order valence-corrected chi connectivity index (χ3v) is 2.89. The van der Waals surface area contributed by atoms with Crippen LogP contribution in [0.25, 0.3) is 0 Å². The lowest BCUT2D eigenvalue weighted by molar-refractivity contribution is 0.598. The molecule has 0 unspecified atom stereocenters. The molecule has 2 N–H and O–H groups in total. The van der Waals surface area contributed by atoms with E-state index in [1.165, 1.54) is 10.9 Å². The quantitative estimate of drug-likeness (QED) is 0.690. The molecular formula is C7H14N4O2S. The monoisotopic (exact) mass is 218 g/mol. The van der Waals surface area contributed by atoms with Gasteiger partial charge in [-0.3, -0.25) is 9.40 Å². The van der Waals surface area contributed by atoms with Gasteiger partial charge in [0.15, 0.2) is 0 Å². The van der Waals surface area contributed by atoms with Gasteiger partial charge < -0.3 is 5.32 Å². The first kappa shape index (κ1) is 11.0. The number of anilines is 1. The van der Waals surface area contributed by atoms with Crippen LogP contribution in [-0.4, -0.2) is 37.5 Å². The van der Waals surface area contributed by atoms with Crippen LogP contribution in [0.2, 0.25) is 0 Å². The molecule has 0 radical (unpaired) electrons. The molecule has 0 aliphatic carbocycles. The Balaban J connectivity index is 2.59. The van der Waals surface area contributed by atoms with Gasteiger partial charge in [0.1, 0.15) is 0 Å². The SMILES string of the molecule is CNCCS(=O)(=O)Nc1cnn(C)c1. The molecule has 0 fully saturated rings. The summed E-state index contributed by atoms with van der Waals surface area (Å²) in [5.41, 5.74) is 0.489. The molecule has 14 heavy (non-hydrogen) atoms. The zero-order chi connectivity index (χ0) is 10.6. The lowest BCUT2D eigenvalue weighted by atomic mass is 10.6. The molecule has 0 aromatic carbocycles. The molecule has 0 aliphatic rings. The summed E-state index contributed by atoms with van der Waals surface area (Å²) >= 11 is 0. The van der Waals surface area contributed by atoms with E-state index in [0.717, 1.165) is 0 Å². The van der Waals surface area contributed by atoms with E-state index in [1.807, 2.05) is 0 Å². The van der Waals surface area contributed by atoms with Crippen molar-refractivity contribution in [2.75, 3.05) is 24.1 Å². The van der Waals surface area contributed by atoms with Crippen LogP contribution in [0.3, 0.4) is 0 Å². The van der Waals surface area contributed by atoms with Crippen LogP contribution in [0.4, 0.5) is 5.69 Å². The van der Waals surface area contributed by atoms with Crippen LogP contribution in [0.5, 0.6) is 0 Å². The highest BCUT2D eigenvalue weighted by Gasteiger charge is 2.09. The van der Waals surface area contributed by atoms with Crippen LogP contribution in [0, 0.1) is 0 Å². The largest absolute Gasteiger partial charge is 0.319 e. The lowest BCUT2D eigenvalue weighted by Gasteiger charge is -2.04. The molecule has 0 amide bonds. The summed E-state index contributed by atoms with van der Waals surface area (Å²) in [5.74, 6) is 0.0540. The molecule has 1 aromatic rings. The second-order valence-corrected chi connectivity index (χ2v) is 4.77. The van der Waals surface area contributed by atoms with Crippen LogP contribution in [0.1, 0.15) is 0 Å². The van der Waals surface area contributed by atoms with Gasteiger partial charge in [0.25, 0.3) is 0 Å². The van der Waals surface area contributed by atoms with Crippen molar-refractivity contribution in [3.8, 4) is 0 Å². The maximum Gasteiger partial charge on any atom is 0.234 e. The summed E-state index contributed by atoms with van der Waals surface area (Å²) in [5, 5.41) is 6.63. The van der Waals surface area contributed by atoms with Gasteiger partial charge in [-0.05, 0) is 7.05 Å². The van der Waals surface area contributed by atoms with E-state index in [-0.39, 0.29) is 5.75 Å². The van der Waals surface area contributed by atoms with Crippen molar-refractivity contribution in [2.24, 2.45) is 7.05 Å². The van der Waals surface area contributed by atoms with Gasteiger partial charge >= 0.3 is 0 Å². The highest BCUT2D eigenvalue weighted by molar-refractivity contribution is 7.92. The van der Waals surface area contributed by atoms with Crippen molar-refractivity contribution in [3.63, 3.8) is 0 Å². The van der Waals surface area contributed by atoms with Crippen LogP contribution < -0.4 is 10.0 Å². The maximum absolute atomic E-state index is 11.4. The smallest absolute Gasteiger partial charge is 0.234 e. The lowest BCUT2D eigenvalue weighted by Crippen LogP contribution is -2.24. The standard InChI is InChI=1S/C7H14N4O2S/c1-8-3-4-14(12,13)10-7-5-9-11(2)6-7/h5-6,8,10H,3-4H2,1-2H3. The van der Waals surface area contributed by atoms with E-state index in [0.29, 0.717) is 12.2 Å². The normalized spacial score (nSPS) is 11.6. The Bertz CT molecular complexity index is 384. The predicted octanol–water partition coefficient (Wildman–Crippen LogP) is -0.619. The van der Waals surface area contributed by atoms with Gasteiger partial charge in [0.05, 0.1) is 17.6 Å².